The molecule has 0 atom stereocenters. The normalized spacial score (nSPS) is 10.3. The lowest BCUT2D eigenvalue weighted by Crippen LogP contribution is -2.10. The van der Waals surface area contributed by atoms with Gasteiger partial charge >= 0.3 is 5.97 Å². The van der Waals surface area contributed by atoms with Gasteiger partial charge < -0.3 is 10.4 Å². The second kappa shape index (κ2) is 4.82. The quantitative estimate of drug-likeness (QED) is 0.831. The number of aromatic nitrogens is 4. The van der Waals surface area contributed by atoms with Gasteiger partial charge in [0.2, 0.25) is 0 Å². The van der Waals surface area contributed by atoms with Crippen LogP contribution in [0.4, 0.5) is 5.82 Å². The molecular formula is C11H13N5O2. The summed E-state index contributed by atoms with van der Waals surface area (Å²) in [6, 6.07) is 1.66. The number of rotatable bonds is 4. The highest BCUT2D eigenvalue weighted by atomic mass is 16.4. The lowest BCUT2D eigenvalue weighted by Gasteiger charge is -2.08. The smallest absolute Gasteiger partial charge is 0.339 e. The van der Waals surface area contributed by atoms with Gasteiger partial charge in [0.1, 0.15) is 17.7 Å². The molecule has 0 radical (unpaired) electrons. The predicted molar refractivity (Wildman–Crippen MR) is 64.3 cm³/mol. The molecule has 7 nitrogen and oxygen atoms in total. The molecule has 0 aromatic carbocycles. The second-order valence-electron chi connectivity index (χ2n) is 3.84. The van der Waals surface area contributed by atoms with Gasteiger partial charge in [-0.3, -0.25) is 4.68 Å². The highest BCUT2D eigenvalue weighted by Crippen LogP contribution is 2.16. The molecule has 2 heterocycles. The van der Waals surface area contributed by atoms with Gasteiger partial charge in [0.05, 0.1) is 6.54 Å². The molecule has 2 rings (SSSR count). The van der Waals surface area contributed by atoms with Crippen LogP contribution in [0.5, 0.6) is 0 Å². The molecule has 0 amide bonds. The van der Waals surface area contributed by atoms with E-state index in [2.05, 4.69) is 20.4 Å². The molecule has 0 saturated heterocycles. The van der Waals surface area contributed by atoms with E-state index < -0.39 is 5.97 Å². The number of aryl methyl sites for hydroxylation is 2. The molecule has 2 aromatic heterocycles. The Bertz CT molecular complexity index is 579. The number of anilines is 1. The molecule has 0 aliphatic heterocycles. The molecule has 94 valence electrons. The molecule has 0 aliphatic rings. The molecule has 0 aliphatic carbocycles. The van der Waals surface area contributed by atoms with Crippen molar-refractivity contribution >= 4 is 11.8 Å². The van der Waals surface area contributed by atoms with Crippen molar-refractivity contribution in [3.63, 3.8) is 0 Å². The zero-order valence-corrected chi connectivity index (χ0v) is 10.1. The van der Waals surface area contributed by atoms with Gasteiger partial charge in [0.15, 0.2) is 5.82 Å². The first-order valence-electron chi connectivity index (χ1n) is 5.35. The van der Waals surface area contributed by atoms with E-state index in [1.165, 1.54) is 0 Å². The Hall–Kier alpha value is -2.44. The summed E-state index contributed by atoms with van der Waals surface area (Å²) in [6.07, 6.45) is 3.15. The van der Waals surface area contributed by atoms with Gasteiger partial charge in [-0.2, -0.15) is 5.10 Å². The van der Waals surface area contributed by atoms with Crippen LogP contribution in [0, 0.1) is 6.92 Å². The first-order valence-corrected chi connectivity index (χ1v) is 5.35. The standard InChI is InChI=1S/C11H13N5O2/c1-7-3-4-12-10(9(7)11(17)18)13-5-8-14-6-16(2)15-8/h3-4,6H,5H2,1-2H3,(H,12,13)(H,17,18). The Labute approximate surface area is 104 Å². The van der Waals surface area contributed by atoms with Crippen molar-refractivity contribution in [2.24, 2.45) is 7.05 Å². The van der Waals surface area contributed by atoms with Crippen LogP contribution >= 0.6 is 0 Å². The Balaban J connectivity index is 2.19. The van der Waals surface area contributed by atoms with Crippen LogP contribution in [0.3, 0.4) is 0 Å². The molecule has 0 spiro atoms. The minimum Gasteiger partial charge on any atom is -0.478 e. The Kier molecular flexibility index (Phi) is 3.22. The number of pyridine rings is 1. The minimum absolute atomic E-state index is 0.174. The van der Waals surface area contributed by atoms with Crippen molar-refractivity contribution in [1.29, 1.82) is 0 Å². The Morgan fingerprint density at radius 1 is 1.50 bits per heavy atom. The first-order chi connectivity index (χ1) is 8.58. The number of nitrogens with zero attached hydrogens (tertiary/aromatic N) is 4. The van der Waals surface area contributed by atoms with Gasteiger partial charge in [-0.25, -0.2) is 14.8 Å². The number of nitrogens with one attached hydrogen (secondary N) is 1. The zero-order chi connectivity index (χ0) is 13.1. The molecule has 0 bridgehead atoms. The summed E-state index contributed by atoms with van der Waals surface area (Å²) < 4.78 is 1.58. The van der Waals surface area contributed by atoms with Crippen molar-refractivity contribution in [2.75, 3.05) is 5.32 Å². The van der Waals surface area contributed by atoms with Crippen LogP contribution < -0.4 is 5.32 Å². The van der Waals surface area contributed by atoms with E-state index in [-0.39, 0.29) is 5.56 Å². The summed E-state index contributed by atoms with van der Waals surface area (Å²) in [7, 11) is 1.77. The molecule has 0 unspecified atom stereocenters. The number of carboxylic acids is 1. The largest absolute Gasteiger partial charge is 0.478 e. The third-order valence-electron chi connectivity index (χ3n) is 2.43. The maximum atomic E-state index is 11.1. The van der Waals surface area contributed by atoms with Crippen molar-refractivity contribution in [3.05, 3.63) is 35.5 Å². The van der Waals surface area contributed by atoms with E-state index in [1.54, 1.807) is 37.2 Å². The fourth-order valence-electron chi connectivity index (χ4n) is 1.59. The summed E-state index contributed by atoms with van der Waals surface area (Å²) in [6.45, 7) is 2.06. The first kappa shape index (κ1) is 12.0. The Morgan fingerprint density at radius 3 is 2.89 bits per heavy atom. The van der Waals surface area contributed by atoms with E-state index in [4.69, 9.17) is 5.11 Å². The van der Waals surface area contributed by atoms with Gasteiger partial charge in [0, 0.05) is 13.2 Å². The van der Waals surface area contributed by atoms with Gasteiger partial charge in [0.25, 0.3) is 0 Å². The minimum atomic E-state index is -1.00. The summed E-state index contributed by atoms with van der Waals surface area (Å²) in [5.74, 6) is -0.0934. The lowest BCUT2D eigenvalue weighted by atomic mass is 10.1. The van der Waals surface area contributed by atoms with Gasteiger partial charge in [-0.05, 0) is 18.6 Å². The molecule has 2 N–H and O–H groups in total. The van der Waals surface area contributed by atoms with Crippen LogP contribution in [0.1, 0.15) is 21.7 Å². The van der Waals surface area contributed by atoms with Crippen LogP contribution in [0.15, 0.2) is 18.6 Å². The molecular weight excluding hydrogens is 234 g/mol. The molecule has 0 saturated carbocycles. The topological polar surface area (TPSA) is 92.9 Å². The van der Waals surface area contributed by atoms with E-state index in [1.807, 2.05) is 0 Å². The average Bonchev–Trinajstić information content (AvgIpc) is 2.72. The van der Waals surface area contributed by atoms with E-state index in [0.29, 0.717) is 23.8 Å². The summed E-state index contributed by atoms with van der Waals surface area (Å²) in [4.78, 5) is 19.2. The second-order valence-corrected chi connectivity index (χ2v) is 3.84. The van der Waals surface area contributed by atoms with Crippen LogP contribution in [-0.2, 0) is 13.6 Å². The maximum Gasteiger partial charge on any atom is 0.339 e. The fourth-order valence-corrected chi connectivity index (χ4v) is 1.59. The highest BCUT2D eigenvalue weighted by Gasteiger charge is 2.14. The number of hydrogen-bond acceptors (Lipinski definition) is 5. The van der Waals surface area contributed by atoms with E-state index >= 15 is 0 Å². The zero-order valence-electron chi connectivity index (χ0n) is 10.1. The molecule has 2 aromatic rings. The average molecular weight is 247 g/mol. The maximum absolute atomic E-state index is 11.1. The Morgan fingerprint density at radius 2 is 2.28 bits per heavy atom. The van der Waals surface area contributed by atoms with E-state index in [9.17, 15) is 4.79 Å². The summed E-state index contributed by atoms with van der Waals surface area (Å²) >= 11 is 0. The number of carbonyl (C=O) groups is 1. The third kappa shape index (κ3) is 2.45. The van der Waals surface area contributed by atoms with Gasteiger partial charge in [-0.15, -0.1) is 0 Å². The SMILES string of the molecule is Cc1ccnc(NCc2ncn(C)n2)c1C(=O)O. The molecule has 18 heavy (non-hydrogen) atoms. The predicted octanol–water partition coefficient (Wildman–Crippen LogP) is 0.829. The van der Waals surface area contributed by atoms with Crippen molar-refractivity contribution in [1.82, 2.24) is 19.7 Å². The summed E-state index contributed by atoms with van der Waals surface area (Å²) in [5, 5.41) is 16.2. The number of hydrogen-bond donors (Lipinski definition) is 2. The monoisotopic (exact) mass is 247 g/mol. The van der Waals surface area contributed by atoms with Crippen molar-refractivity contribution in [2.45, 2.75) is 13.5 Å². The van der Waals surface area contributed by atoms with Gasteiger partial charge in [-0.1, -0.05) is 0 Å². The number of carboxylic acid groups (broad SMARTS) is 1. The van der Waals surface area contributed by atoms with Crippen LogP contribution in [0.2, 0.25) is 0 Å². The van der Waals surface area contributed by atoms with E-state index in [0.717, 1.165) is 0 Å². The third-order valence-corrected chi connectivity index (χ3v) is 2.43. The van der Waals surface area contributed by atoms with Crippen molar-refractivity contribution < 1.29 is 9.90 Å². The highest BCUT2D eigenvalue weighted by molar-refractivity contribution is 5.94. The summed E-state index contributed by atoms with van der Waals surface area (Å²) in [5.41, 5.74) is 0.836. The number of aromatic carboxylic acids is 1. The van der Waals surface area contributed by atoms with Crippen LogP contribution in [0.25, 0.3) is 0 Å². The lowest BCUT2D eigenvalue weighted by molar-refractivity contribution is 0.0697. The van der Waals surface area contributed by atoms with Crippen molar-refractivity contribution in [3.8, 4) is 0 Å². The molecule has 7 heteroatoms. The molecule has 0 fully saturated rings. The van der Waals surface area contributed by atoms with Crippen LogP contribution in [-0.4, -0.2) is 30.8 Å². The fraction of sp³-hybridized carbons (Fsp3) is 0.273.